The van der Waals surface area contributed by atoms with E-state index in [2.05, 4.69) is 28.9 Å². The lowest BCUT2D eigenvalue weighted by atomic mass is 9.74. The maximum absolute atomic E-state index is 9.85. The molecule has 2 rings (SSSR count). The number of aliphatic hydroxyl groups is 1. The summed E-state index contributed by atoms with van der Waals surface area (Å²) in [6.07, 6.45) is 4.11. The largest absolute Gasteiger partial charge is 0.493 e. The van der Waals surface area contributed by atoms with Gasteiger partial charge < -0.3 is 9.84 Å². The number of benzene rings is 1. The van der Waals surface area contributed by atoms with Crippen LogP contribution in [0.3, 0.4) is 0 Å². The summed E-state index contributed by atoms with van der Waals surface area (Å²) in [7, 11) is 0. The van der Waals surface area contributed by atoms with E-state index in [0.29, 0.717) is 0 Å². The Balaban J connectivity index is 2.48. The standard InChI is InChI=1S/C14H19BrO2/c1-2-6-14(10-16)7-3-8-17-13-9-11(15)4-5-12(13)14/h4-5,9,16H,2-3,6-8,10H2,1H3/t14-/m1/s1. The van der Waals surface area contributed by atoms with Crippen LogP contribution >= 0.6 is 15.9 Å². The second-order valence-electron chi connectivity index (χ2n) is 4.78. The Kier molecular flexibility index (Phi) is 4.10. The molecule has 1 aromatic carbocycles. The van der Waals surface area contributed by atoms with E-state index in [1.54, 1.807) is 0 Å². The number of hydrogen-bond donors (Lipinski definition) is 1. The molecule has 0 radical (unpaired) electrons. The van der Waals surface area contributed by atoms with Crippen molar-refractivity contribution in [3.05, 3.63) is 28.2 Å². The molecule has 0 saturated heterocycles. The van der Waals surface area contributed by atoms with Crippen LogP contribution in [0.5, 0.6) is 5.75 Å². The average Bonchev–Trinajstić information content (AvgIpc) is 2.50. The van der Waals surface area contributed by atoms with Gasteiger partial charge in [0.15, 0.2) is 0 Å². The predicted molar refractivity (Wildman–Crippen MR) is 72.5 cm³/mol. The van der Waals surface area contributed by atoms with Crippen molar-refractivity contribution in [1.82, 2.24) is 0 Å². The highest BCUT2D eigenvalue weighted by molar-refractivity contribution is 9.10. The van der Waals surface area contributed by atoms with Crippen LogP contribution in [-0.2, 0) is 5.41 Å². The molecule has 0 aliphatic carbocycles. The summed E-state index contributed by atoms with van der Waals surface area (Å²) in [5, 5.41) is 9.85. The maximum Gasteiger partial charge on any atom is 0.124 e. The summed E-state index contributed by atoms with van der Waals surface area (Å²) >= 11 is 3.47. The van der Waals surface area contributed by atoms with E-state index in [9.17, 15) is 5.11 Å². The second-order valence-corrected chi connectivity index (χ2v) is 5.70. The van der Waals surface area contributed by atoms with Crippen LogP contribution in [0, 0.1) is 0 Å². The van der Waals surface area contributed by atoms with Crippen LogP contribution < -0.4 is 4.74 Å². The lowest BCUT2D eigenvalue weighted by Gasteiger charge is -2.31. The van der Waals surface area contributed by atoms with E-state index in [1.807, 2.05) is 12.1 Å². The highest BCUT2D eigenvalue weighted by atomic mass is 79.9. The zero-order valence-corrected chi connectivity index (χ0v) is 11.8. The molecule has 94 valence electrons. The van der Waals surface area contributed by atoms with Gasteiger partial charge in [0, 0.05) is 15.5 Å². The first kappa shape index (κ1) is 12.9. The summed E-state index contributed by atoms with van der Waals surface area (Å²) < 4.78 is 6.82. The van der Waals surface area contributed by atoms with Crippen LogP contribution in [0.2, 0.25) is 0 Å². The molecule has 0 bridgehead atoms. The highest BCUT2D eigenvalue weighted by Crippen LogP contribution is 2.42. The Morgan fingerprint density at radius 2 is 2.29 bits per heavy atom. The fraction of sp³-hybridized carbons (Fsp3) is 0.571. The molecule has 0 spiro atoms. The van der Waals surface area contributed by atoms with Gasteiger partial charge in [0.1, 0.15) is 5.75 Å². The molecule has 0 saturated carbocycles. The Labute approximate surface area is 111 Å². The molecule has 1 N–H and O–H groups in total. The van der Waals surface area contributed by atoms with Crippen LogP contribution in [0.4, 0.5) is 0 Å². The van der Waals surface area contributed by atoms with Crippen LogP contribution in [0.25, 0.3) is 0 Å². The van der Waals surface area contributed by atoms with Crippen LogP contribution in [0.15, 0.2) is 22.7 Å². The first-order valence-corrected chi connectivity index (χ1v) is 7.05. The predicted octanol–water partition coefficient (Wildman–Crippen LogP) is 3.65. The SMILES string of the molecule is CCC[C@]1(CO)CCCOc2cc(Br)ccc21. The van der Waals surface area contributed by atoms with Crippen molar-refractivity contribution in [3.8, 4) is 5.75 Å². The maximum atomic E-state index is 9.85. The number of hydrogen-bond acceptors (Lipinski definition) is 2. The zero-order chi connectivity index (χ0) is 12.3. The molecular weight excluding hydrogens is 280 g/mol. The van der Waals surface area contributed by atoms with Gasteiger partial charge in [-0.2, -0.15) is 0 Å². The zero-order valence-electron chi connectivity index (χ0n) is 10.2. The molecule has 0 unspecified atom stereocenters. The Hall–Kier alpha value is -0.540. The lowest BCUT2D eigenvalue weighted by molar-refractivity contribution is 0.172. The fourth-order valence-electron chi connectivity index (χ4n) is 2.76. The molecule has 0 amide bonds. The van der Waals surface area contributed by atoms with Crippen LogP contribution in [-0.4, -0.2) is 18.3 Å². The van der Waals surface area contributed by atoms with Gasteiger partial charge in [-0.05, 0) is 31.4 Å². The second kappa shape index (κ2) is 5.40. The molecule has 1 atom stereocenters. The summed E-state index contributed by atoms with van der Waals surface area (Å²) in [6.45, 7) is 3.12. The molecule has 0 aromatic heterocycles. The quantitative estimate of drug-likeness (QED) is 0.923. The molecule has 1 aliphatic heterocycles. The van der Waals surface area contributed by atoms with Gasteiger partial charge >= 0.3 is 0 Å². The fourth-order valence-corrected chi connectivity index (χ4v) is 3.10. The van der Waals surface area contributed by atoms with Crippen molar-refractivity contribution >= 4 is 15.9 Å². The smallest absolute Gasteiger partial charge is 0.124 e. The minimum absolute atomic E-state index is 0.110. The van der Waals surface area contributed by atoms with Gasteiger partial charge in [-0.3, -0.25) is 0 Å². The Morgan fingerprint density at radius 1 is 1.47 bits per heavy atom. The Bertz CT molecular complexity index is 392. The molecule has 3 heteroatoms. The van der Waals surface area contributed by atoms with Crippen molar-refractivity contribution in [2.24, 2.45) is 0 Å². The minimum Gasteiger partial charge on any atom is -0.493 e. The number of ether oxygens (including phenoxy) is 1. The average molecular weight is 299 g/mol. The van der Waals surface area contributed by atoms with Crippen molar-refractivity contribution < 1.29 is 9.84 Å². The molecule has 1 aromatic rings. The molecule has 0 fully saturated rings. The van der Waals surface area contributed by atoms with Crippen molar-refractivity contribution in [3.63, 3.8) is 0 Å². The van der Waals surface area contributed by atoms with E-state index in [0.717, 1.165) is 42.5 Å². The number of rotatable bonds is 3. The number of aliphatic hydroxyl groups excluding tert-OH is 1. The molecule has 2 nitrogen and oxygen atoms in total. The monoisotopic (exact) mass is 298 g/mol. The van der Waals surface area contributed by atoms with E-state index in [1.165, 1.54) is 5.56 Å². The first-order valence-electron chi connectivity index (χ1n) is 6.25. The van der Waals surface area contributed by atoms with E-state index in [4.69, 9.17) is 4.74 Å². The number of fused-ring (bicyclic) bond motifs is 1. The summed E-state index contributed by atoms with van der Waals surface area (Å²) in [4.78, 5) is 0. The third-order valence-corrected chi connectivity index (χ3v) is 4.10. The van der Waals surface area contributed by atoms with Gasteiger partial charge in [0.2, 0.25) is 0 Å². The Morgan fingerprint density at radius 3 is 3.00 bits per heavy atom. The van der Waals surface area contributed by atoms with E-state index in [-0.39, 0.29) is 12.0 Å². The topological polar surface area (TPSA) is 29.5 Å². The molecule has 1 heterocycles. The molecular formula is C14H19BrO2. The van der Waals surface area contributed by atoms with Crippen molar-refractivity contribution in [1.29, 1.82) is 0 Å². The summed E-state index contributed by atoms with van der Waals surface area (Å²) in [5.41, 5.74) is 1.06. The molecule has 1 aliphatic rings. The van der Waals surface area contributed by atoms with Gasteiger partial charge in [0.25, 0.3) is 0 Å². The molecule has 17 heavy (non-hydrogen) atoms. The highest BCUT2D eigenvalue weighted by Gasteiger charge is 2.34. The third-order valence-electron chi connectivity index (χ3n) is 3.60. The van der Waals surface area contributed by atoms with Crippen LogP contribution in [0.1, 0.15) is 38.2 Å². The van der Waals surface area contributed by atoms with Gasteiger partial charge in [-0.15, -0.1) is 0 Å². The van der Waals surface area contributed by atoms with Gasteiger partial charge in [-0.25, -0.2) is 0 Å². The van der Waals surface area contributed by atoms with E-state index < -0.39 is 0 Å². The lowest BCUT2D eigenvalue weighted by Crippen LogP contribution is -2.30. The minimum atomic E-state index is -0.110. The normalized spacial score (nSPS) is 23.7. The van der Waals surface area contributed by atoms with Crippen molar-refractivity contribution in [2.75, 3.05) is 13.2 Å². The number of halogens is 1. The third kappa shape index (κ3) is 2.50. The summed E-state index contributed by atoms with van der Waals surface area (Å²) in [5.74, 6) is 0.930. The van der Waals surface area contributed by atoms with E-state index >= 15 is 0 Å². The first-order chi connectivity index (χ1) is 8.22. The summed E-state index contributed by atoms with van der Waals surface area (Å²) in [6, 6.07) is 6.14. The van der Waals surface area contributed by atoms with Crippen molar-refractivity contribution in [2.45, 2.75) is 38.0 Å². The van der Waals surface area contributed by atoms with Gasteiger partial charge in [-0.1, -0.05) is 35.3 Å². The van der Waals surface area contributed by atoms with Gasteiger partial charge in [0.05, 0.1) is 13.2 Å².